The van der Waals surface area contributed by atoms with Crippen LogP contribution >= 0.6 is 0 Å². The second-order valence-corrected chi connectivity index (χ2v) is 4.41. The van der Waals surface area contributed by atoms with Crippen LogP contribution in [0.4, 0.5) is 5.69 Å². The van der Waals surface area contributed by atoms with Crippen molar-refractivity contribution in [1.29, 1.82) is 0 Å². The van der Waals surface area contributed by atoms with Crippen LogP contribution in [0.15, 0.2) is 24.3 Å². The van der Waals surface area contributed by atoms with Gasteiger partial charge in [-0.15, -0.1) is 0 Å². The van der Waals surface area contributed by atoms with Gasteiger partial charge in [-0.05, 0) is 24.5 Å². The second-order valence-electron chi connectivity index (χ2n) is 4.41. The van der Waals surface area contributed by atoms with Crippen molar-refractivity contribution in [3.63, 3.8) is 0 Å². The van der Waals surface area contributed by atoms with Gasteiger partial charge in [0.15, 0.2) is 0 Å². The van der Waals surface area contributed by atoms with Crippen LogP contribution < -0.4 is 5.73 Å². The van der Waals surface area contributed by atoms with Crippen LogP contribution in [0.1, 0.15) is 25.3 Å². The number of aliphatic carboxylic acids is 1. The number of anilines is 1. The molecule has 0 saturated carbocycles. The number of carboxylic acids is 1. The van der Waals surface area contributed by atoms with E-state index in [1.54, 1.807) is 6.07 Å². The lowest BCUT2D eigenvalue weighted by Gasteiger charge is -2.20. The van der Waals surface area contributed by atoms with E-state index in [1.807, 2.05) is 25.1 Å². The Morgan fingerprint density at radius 1 is 1.32 bits per heavy atom. The maximum atomic E-state index is 12.0. The number of benzene rings is 1. The minimum Gasteiger partial charge on any atom is -0.480 e. The van der Waals surface area contributed by atoms with Gasteiger partial charge in [-0.25, -0.2) is 0 Å². The van der Waals surface area contributed by atoms with Crippen LogP contribution in [0.25, 0.3) is 0 Å². The lowest BCUT2D eigenvalue weighted by Crippen LogP contribution is -2.36. The first kappa shape index (κ1) is 15.0. The zero-order valence-electron chi connectivity index (χ0n) is 11.1. The lowest BCUT2D eigenvalue weighted by atomic mass is 10.1. The zero-order chi connectivity index (χ0) is 14.3. The highest BCUT2D eigenvalue weighted by molar-refractivity contribution is 5.81. The number of hydrogen-bond donors (Lipinski definition) is 2. The predicted octanol–water partition coefficient (Wildman–Crippen LogP) is 1.52. The van der Waals surface area contributed by atoms with Crippen molar-refractivity contribution < 1.29 is 14.7 Å². The largest absolute Gasteiger partial charge is 0.480 e. The molecular formula is C14H20N2O3. The molecule has 104 valence electrons. The molecule has 1 amide bonds. The summed E-state index contributed by atoms with van der Waals surface area (Å²) < 4.78 is 0. The van der Waals surface area contributed by atoms with E-state index in [2.05, 4.69) is 0 Å². The topological polar surface area (TPSA) is 83.6 Å². The smallest absolute Gasteiger partial charge is 0.323 e. The molecule has 0 aliphatic rings. The summed E-state index contributed by atoms with van der Waals surface area (Å²) in [6.07, 6.45) is 1.55. The highest BCUT2D eigenvalue weighted by Crippen LogP contribution is 2.13. The summed E-state index contributed by atoms with van der Waals surface area (Å²) in [6, 6.07) is 7.39. The number of amides is 1. The molecule has 3 N–H and O–H groups in total. The van der Waals surface area contributed by atoms with Crippen molar-refractivity contribution in [1.82, 2.24) is 4.90 Å². The van der Waals surface area contributed by atoms with Crippen LogP contribution in [-0.2, 0) is 16.0 Å². The molecule has 0 bridgehead atoms. The van der Waals surface area contributed by atoms with Gasteiger partial charge in [0, 0.05) is 18.7 Å². The summed E-state index contributed by atoms with van der Waals surface area (Å²) in [4.78, 5) is 24.1. The summed E-state index contributed by atoms with van der Waals surface area (Å²) in [5.41, 5.74) is 7.38. The molecule has 0 aliphatic carbocycles. The summed E-state index contributed by atoms with van der Waals surface area (Å²) >= 11 is 0. The molecule has 0 unspecified atom stereocenters. The highest BCUT2D eigenvalue weighted by atomic mass is 16.4. The Kier molecular flexibility index (Phi) is 5.85. The number of nitrogen functional groups attached to an aromatic ring is 1. The van der Waals surface area contributed by atoms with E-state index in [4.69, 9.17) is 10.8 Å². The lowest BCUT2D eigenvalue weighted by molar-refractivity contribution is -0.144. The number of nitrogens with zero attached hydrogens (tertiary/aromatic N) is 1. The van der Waals surface area contributed by atoms with Gasteiger partial charge in [0.1, 0.15) is 6.54 Å². The Balaban J connectivity index is 2.57. The molecule has 19 heavy (non-hydrogen) atoms. The maximum absolute atomic E-state index is 12.0. The van der Waals surface area contributed by atoms with E-state index in [0.717, 1.165) is 12.0 Å². The molecule has 0 spiro atoms. The molecule has 0 saturated heterocycles. The first-order valence-corrected chi connectivity index (χ1v) is 6.37. The van der Waals surface area contributed by atoms with Crippen molar-refractivity contribution in [3.05, 3.63) is 29.8 Å². The summed E-state index contributed by atoms with van der Waals surface area (Å²) in [7, 11) is 0. The third kappa shape index (κ3) is 4.99. The highest BCUT2D eigenvalue weighted by Gasteiger charge is 2.15. The van der Waals surface area contributed by atoms with Gasteiger partial charge in [-0.2, -0.15) is 0 Å². The number of hydrogen-bond acceptors (Lipinski definition) is 3. The summed E-state index contributed by atoms with van der Waals surface area (Å²) in [6.45, 7) is 2.14. The Morgan fingerprint density at radius 3 is 2.58 bits per heavy atom. The van der Waals surface area contributed by atoms with Crippen molar-refractivity contribution in [3.8, 4) is 0 Å². The van der Waals surface area contributed by atoms with E-state index in [0.29, 0.717) is 18.7 Å². The fourth-order valence-corrected chi connectivity index (χ4v) is 1.89. The number of carboxylic acid groups (broad SMARTS) is 1. The molecule has 0 heterocycles. The molecule has 0 aromatic heterocycles. The van der Waals surface area contributed by atoms with Crippen molar-refractivity contribution >= 4 is 17.6 Å². The van der Waals surface area contributed by atoms with Gasteiger partial charge in [0.2, 0.25) is 5.91 Å². The van der Waals surface area contributed by atoms with Crippen LogP contribution in [0.5, 0.6) is 0 Å². The summed E-state index contributed by atoms with van der Waals surface area (Å²) in [5, 5.41) is 8.77. The van der Waals surface area contributed by atoms with Gasteiger partial charge in [-0.1, -0.05) is 25.1 Å². The minimum atomic E-state index is -0.985. The molecule has 5 nitrogen and oxygen atoms in total. The number of carbonyl (C=O) groups excluding carboxylic acids is 1. The van der Waals surface area contributed by atoms with Gasteiger partial charge in [0.05, 0.1) is 0 Å². The monoisotopic (exact) mass is 264 g/mol. The summed E-state index contributed by atoms with van der Waals surface area (Å²) in [5.74, 6) is -1.13. The Bertz CT molecular complexity index is 446. The van der Waals surface area contributed by atoms with Gasteiger partial charge < -0.3 is 15.7 Å². The molecular weight excluding hydrogens is 244 g/mol. The number of aryl methyl sites for hydroxylation is 1. The Labute approximate surface area is 113 Å². The van der Waals surface area contributed by atoms with E-state index >= 15 is 0 Å². The third-order valence-electron chi connectivity index (χ3n) is 2.84. The average molecular weight is 264 g/mol. The third-order valence-corrected chi connectivity index (χ3v) is 2.84. The Hall–Kier alpha value is -2.04. The van der Waals surface area contributed by atoms with Crippen LogP contribution in [0.3, 0.4) is 0 Å². The molecule has 1 rings (SSSR count). The van der Waals surface area contributed by atoms with E-state index < -0.39 is 5.97 Å². The predicted molar refractivity (Wildman–Crippen MR) is 73.7 cm³/mol. The molecule has 0 aliphatic heterocycles. The standard InChI is InChI=1S/C14H20N2O3/c1-2-9-16(10-14(18)19)13(17)8-7-11-5-3-4-6-12(11)15/h3-6H,2,7-10,15H2,1H3,(H,18,19). The number of para-hydroxylation sites is 1. The molecule has 0 atom stereocenters. The number of carbonyl (C=O) groups is 2. The fraction of sp³-hybridized carbons (Fsp3) is 0.429. The van der Waals surface area contributed by atoms with Gasteiger partial charge in [-0.3, -0.25) is 9.59 Å². The number of nitrogens with two attached hydrogens (primary N) is 1. The molecule has 0 radical (unpaired) electrons. The quantitative estimate of drug-likeness (QED) is 0.731. The minimum absolute atomic E-state index is 0.146. The van der Waals surface area contributed by atoms with Crippen LogP contribution in [0.2, 0.25) is 0 Å². The second kappa shape index (κ2) is 7.41. The Morgan fingerprint density at radius 2 is 2.00 bits per heavy atom. The van der Waals surface area contributed by atoms with E-state index in [-0.39, 0.29) is 18.9 Å². The zero-order valence-corrected chi connectivity index (χ0v) is 11.1. The van der Waals surface area contributed by atoms with Gasteiger partial charge >= 0.3 is 5.97 Å². The van der Waals surface area contributed by atoms with Crippen molar-refractivity contribution in [2.45, 2.75) is 26.2 Å². The average Bonchev–Trinajstić information content (AvgIpc) is 2.36. The molecule has 5 heteroatoms. The molecule has 0 fully saturated rings. The van der Waals surface area contributed by atoms with E-state index in [9.17, 15) is 9.59 Å². The molecule has 1 aromatic carbocycles. The first-order valence-electron chi connectivity index (χ1n) is 6.37. The SMILES string of the molecule is CCCN(CC(=O)O)C(=O)CCc1ccccc1N. The van der Waals surface area contributed by atoms with Crippen molar-refractivity contribution in [2.75, 3.05) is 18.8 Å². The van der Waals surface area contributed by atoms with E-state index in [1.165, 1.54) is 4.90 Å². The van der Waals surface area contributed by atoms with Gasteiger partial charge in [0.25, 0.3) is 0 Å². The molecule has 1 aromatic rings. The van der Waals surface area contributed by atoms with Crippen LogP contribution in [0, 0.1) is 0 Å². The fourth-order valence-electron chi connectivity index (χ4n) is 1.89. The number of rotatable bonds is 7. The first-order chi connectivity index (χ1) is 9.04. The maximum Gasteiger partial charge on any atom is 0.323 e. The van der Waals surface area contributed by atoms with Crippen molar-refractivity contribution in [2.24, 2.45) is 0 Å². The normalized spacial score (nSPS) is 10.2. The van der Waals surface area contributed by atoms with Crippen LogP contribution in [-0.4, -0.2) is 35.0 Å².